The van der Waals surface area contributed by atoms with Gasteiger partial charge in [0.2, 0.25) is 5.90 Å². The van der Waals surface area contributed by atoms with Crippen molar-refractivity contribution >= 4 is 33.9 Å². The summed E-state index contributed by atoms with van der Waals surface area (Å²) >= 11 is 3.45. The van der Waals surface area contributed by atoms with E-state index in [1.165, 1.54) is 0 Å². The number of nitrogens with zero attached hydrogens (tertiary/aromatic N) is 1. The van der Waals surface area contributed by atoms with Crippen molar-refractivity contribution in [3.63, 3.8) is 0 Å². The maximum atomic E-state index is 12.2. The third-order valence-corrected chi connectivity index (χ3v) is 4.83. The Hall–Kier alpha value is -3.18. The lowest BCUT2D eigenvalue weighted by atomic mass is 10.2. The van der Waals surface area contributed by atoms with Crippen LogP contribution in [0.1, 0.15) is 16.7 Å². The van der Waals surface area contributed by atoms with Crippen molar-refractivity contribution in [2.45, 2.75) is 6.61 Å². The second-order valence-electron chi connectivity index (χ2n) is 6.16. The Morgan fingerprint density at radius 2 is 1.75 bits per heavy atom. The third kappa shape index (κ3) is 4.21. The summed E-state index contributed by atoms with van der Waals surface area (Å²) < 4.78 is 12.0. The summed E-state index contributed by atoms with van der Waals surface area (Å²) in [6, 6.07) is 25.0. The summed E-state index contributed by atoms with van der Waals surface area (Å²) in [7, 11) is 0. The van der Waals surface area contributed by atoms with Crippen LogP contribution in [-0.2, 0) is 16.1 Å². The maximum absolute atomic E-state index is 12.2. The van der Waals surface area contributed by atoms with Crippen LogP contribution in [0, 0.1) is 0 Å². The molecule has 28 heavy (non-hydrogen) atoms. The van der Waals surface area contributed by atoms with E-state index in [-0.39, 0.29) is 5.70 Å². The Labute approximate surface area is 171 Å². The number of halogens is 1. The molecule has 0 bridgehead atoms. The van der Waals surface area contributed by atoms with Crippen molar-refractivity contribution in [2.75, 3.05) is 0 Å². The van der Waals surface area contributed by atoms with E-state index in [1.54, 1.807) is 6.08 Å². The van der Waals surface area contributed by atoms with E-state index < -0.39 is 5.97 Å². The van der Waals surface area contributed by atoms with Gasteiger partial charge in [-0.1, -0.05) is 54.6 Å². The number of aliphatic imine (C=N–C) groups is 1. The van der Waals surface area contributed by atoms with Crippen LogP contribution in [0.15, 0.2) is 94.0 Å². The van der Waals surface area contributed by atoms with Gasteiger partial charge >= 0.3 is 5.97 Å². The minimum Gasteiger partial charge on any atom is -0.489 e. The minimum atomic E-state index is -0.471. The van der Waals surface area contributed by atoms with Gasteiger partial charge in [-0.25, -0.2) is 9.79 Å². The van der Waals surface area contributed by atoms with Crippen molar-refractivity contribution in [3.8, 4) is 5.75 Å². The molecule has 138 valence electrons. The van der Waals surface area contributed by atoms with Crippen LogP contribution in [0.25, 0.3) is 6.08 Å². The molecular weight excluding hydrogens is 418 g/mol. The Morgan fingerprint density at radius 3 is 2.57 bits per heavy atom. The predicted octanol–water partition coefficient (Wildman–Crippen LogP) is 5.37. The summed E-state index contributed by atoms with van der Waals surface area (Å²) in [4.78, 5) is 16.6. The van der Waals surface area contributed by atoms with Crippen LogP contribution >= 0.6 is 15.9 Å². The zero-order valence-electron chi connectivity index (χ0n) is 14.8. The minimum absolute atomic E-state index is 0.256. The number of hydrogen-bond acceptors (Lipinski definition) is 4. The van der Waals surface area contributed by atoms with Gasteiger partial charge in [0.15, 0.2) is 5.70 Å². The molecule has 0 N–H and O–H groups in total. The van der Waals surface area contributed by atoms with Crippen LogP contribution in [0.2, 0.25) is 0 Å². The van der Waals surface area contributed by atoms with Gasteiger partial charge < -0.3 is 9.47 Å². The molecule has 0 fully saturated rings. The second-order valence-corrected chi connectivity index (χ2v) is 7.02. The number of hydrogen-bond donors (Lipinski definition) is 0. The van der Waals surface area contributed by atoms with Crippen molar-refractivity contribution in [1.29, 1.82) is 0 Å². The SMILES string of the molecule is O=C1OC(c2ccccc2Br)=NC1=Cc1cccc(OCc2ccccc2)c1. The lowest BCUT2D eigenvalue weighted by molar-refractivity contribution is -0.129. The van der Waals surface area contributed by atoms with E-state index in [4.69, 9.17) is 9.47 Å². The monoisotopic (exact) mass is 433 g/mol. The van der Waals surface area contributed by atoms with E-state index >= 15 is 0 Å². The number of carbonyl (C=O) groups excluding carboxylic acids is 1. The molecule has 3 aromatic rings. The zero-order valence-corrected chi connectivity index (χ0v) is 16.4. The van der Waals surface area contributed by atoms with Crippen molar-refractivity contribution < 1.29 is 14.3 Å². The topological polar surface area (TPSA) is 47.9 Å². The number of benzene rings is 3. The third-order valence-electron chi connectivity index (χ3n) is 4.13. The molecule has 0 amide bonds. The molecule has 1 heterocycles. The Bertz CT molecular complexity index is 1070. The largest absolute Gasteiger partial charge is 0.489 e. The first-order valence-electron chi connectivity index (χ1n) is 8.73. The molecular formula is C23H16BrNO3. The van der Waals surface area contributed by atoms with E-state index in [1.807, 2.05) is 78.9 Å². The second kappa shape index (κ2) is 8.23. The zero-order chi connectivity index (χ0) is 19.3. The highest BCUT2D eigenvalue weighted by Crippen LogP contribution is 2.25. The van der Waals surface area contributed by atoms with E-state index in [9.17, 15) is 4.79 Å². The lowest BCUT2D eigenvalue weighted by Gasteiger charge is -2.07. The van der Waals surface area contributed by atoms with Gasteiger partial charge in [0.05, 0.1) is 5.56 Å². The number of esters is 1. The summed E-state index contributed by atoms with van der Waals surface area (Å²) in [5.74, 6) is 0.543. The molecule has 1 aliphatic rings. The van der Waals surface area contributed by atoms with Crippen LogP contribution in [0.3, 0.4) is 0 Å². The predicted molar refractivity (Wildman–Crippen MR) is 112 cm³/mol. The highest BCUT2D eigenvalue weighted by molar-refractivity contribution is 9.10. The molecule has 5 heteroatoms. The van der Waals surface area contributed by atoms with Crippen molar-refractivity contribution in [1.82, 2.24) is 0 Å². The molecule has 4 nitrogen and oxygen atoms in total. The molecule has 0 radical (unpaired) electrons. The molecule has 1 aliphatic heterocycles. The summed E-state index contributed by atoms with van der Waals surface area (Å²) in [6.45, 7) is 0.479. The summed E-state index contributed by atoms with van der Waals surface area (Å²) in [6.07, 6.45) is 1.70. The summed E-state index contributed by atoms with van der Waals surface area (Å²) in [5.41, 5.74) is 2.90. The number of ether oxygens (including phenoxy) is 2. The van der Waals surface area contributed by atoms with Crippen LogP contribution in [0.5, 0.6) is 5.75 Å². The normalized spacial score (nSPS) is 14.7. The van der Waals surface area contributed by atoms with Crippen molar-refractivity contribution in [2.24, 2.45) is 4.99 Å². The van der Waals surface area contributed by atoms with Gasteiger partial charge in [-0.05, 0) is 57.4 Å². The smallest absolute Gasteiger partial charge is 0.363 e. The number of rotatable bonds is 5. The fourth-order valence-electron chi connectivity index (χ4n) is 2.75. The first-order chi connectivity index (χ1) is 13.7. The molecule has 0 unspecified atom stereocenters. The van der Waals surface area contributed by atoms with Crippen LogP contribution in [-0.4, -0.2) is 11.9 Å². The summed E-state index contributed by atoms with van der Waals surface area (Å²) in [5, 5.41) is 0. The van der Waals surface area contributed by atoms with E-state index in [2.05, 4.69) is 20.9 Å². The molecule has 0 spiro atoms. The molecule has 0 saturated heterocycles. The first kappa shape index (κ1) is 18.2. The van der Waals surface area contributed by atoms with Gasteiger partial charge in [-0.15, -0.1) is 0 Å². The average Bonchev–Trinajstić information content (AvgIpc) is 3.08. The van der Waals surface area contributed by atoms with Gasteiger partial charge in [-0.3, -0.25) is 0 Å². The molecule has 0 atom stereocenters. The average molecular weight is 434 g/mol. The van der Waals surface area contributed by atoms with Crippen molar-refractivity contribution in [3.05, 3.63) is 106 Å². The van der Waals surface area contributed by atoms with Gasteiger partial charge in [0, 0.05) is 4.47 Å². The first-order valence-corrected chi connectivity index (χ1v) is 9.52. The van der Waals surface area contributed by atoms with E-state index in [0.29, 0.717) is 12.5 Å². The molecule has 0 aromatic heterocycles. The standard InChI is InChI=1S/C23H16BrNO3/c24-20-12-5-4-11-19(20)22-25-21(23(26)28-22)14-17-9-6-10-18(13-17)27-15-16-7-2-1-3-8-16/h1-14H,15H2. The fraction of sp³-hybridized carbons (Fsp3) is 0.0435. The van der Waals surface area contributed by atoms with Gasteiger partial charge in [0.25, 0.3) is 0 Å². The molecule has 0 saturated carbocycles. The Kier molecular flexibility index (Phi) is 5.35. The fourth-order valence-corrected chi connectivity index (χ4v) is 3.21. The lowest BCUT2D eigenvalue weighted by Crippen LogP contribution is -2.05. The Balaban J connectivity index is 1.54. The molecule has 3 aromatic carbocycles. The number of cyclic esters (lactones) is 1. The van der Waals surface area contributed by atoms with E-state index in [0.717, 1.165) is 26.9 Å². The number of carbonyl (C=O) groups is 1. The Morgan fingerprint density at radius 1 is 0.964 bits per heavy atom. The maximum Gasteiger partial charge on any atom is 0.363 e. The quantitative estimate of drug-likeness (QED) is 0.401. The highest BCUT2D eigenvalue weighted by atomic mass is 79.9. The molecule has 4 rings (SSSR count). The molecule has 0 aliphatic carbocycles. The highest BCUT2D eigenvalue weighted by Gasteiger charge is 2.25. The van der Waals surface area contributed by atoms with Crippen LogP contribution in [0.4, 0.5) is 0 Å². The van der Waals surface area contributed by atoms with Gasteiger partial charge in [-0.2, -0.15) is 0 Å². The van der Waals surface area contributed by atoms with Gasteiger partial charge in [0.1, 0.15) is 12.4 Å². The van der Waals surface area contributed by atoms with Crippen LogP contribution < -0.4 is 4.74 Å².